The fourth-order valence-electron chi connectivity index (χ4n) is 6.55. The minimum Gasteiger partial charge on any atom is -0.497 e. The number of carbonyl (C=O) groups excluding carboxylic acids is 3. The van der Waals surface area contributed by atoms with Crippen LogP contribution >= 0.6 is 0 Å². The van der Waals surface area contributed by atoms with Crippen LogP contribution in [0.4, 0.5) is 4.79 Å². The first-order valence-electron chi connectivity index (χ1n) is 17.3. The molecule has 4 rings (SSSR count). The largest absolute Gasteiger partial charge is 0.497 e. The number of carbonyl (C=O) groups is 3. The summed E-state index contributed by atoms with van der Waals surface area (Å²) < 4.78 is 10.7. The molecule has 2 aromatic rings. The summed E-state index contributed by atoms with van der Waals surface area (Å²) in [5, 5.41) is 31.0. The van der Waals surface area contributed by atoms with E-state index < -0.39 is 48.2 Å². The van der Waals surface area contributed by atoms with Crippen molar-refractivity contribution in [2.24, 2.45) is 11.8 Å². The van der Waals surface area contributed by atoms with Gasteiger partial charge in [-0.25, -0.2) is 9.78 Å². The number of nitrogens with one attached hydrogen (secondary N) is 4. The van der Waals surface area contributed by atoms with Crippen LogP contribution in [-0.2, 0) is 27.2 Å². The zero-order valence-electron chi connectivity index (χ0n) is 28.5. The van der Waals surface area contributed by atoms with Gasteiger partial charge in [-0.3, -0.25) is 9.59 Å². The predicted molar refractivity (Wildman–Crippen MR) is 180 cm³/mol. The number of amides is 4. The van der Waals surface area contributed by atoms with Crippen LogP contribution in [-0.4, -0.2) is 107 Å². The molecule has 2 aliphatic rings. The van der Waals surface area contributed by atoms with Gasteiger partial charge in [-0.15, -0.1) is 0 Å². The lowest BCUT2D eigenvalue weighted by atomic mass is 9.82. The molecule has 1 aromatic carbocycles. The lowest BCUT2D eigenvalue weighted by Crippen LogP contribution is -2.59. The van der Waals surface area contributed by atoms with E-state index in [0.717, 1.165) is 31.2 Å². The standard InChI is InChI=1S/C35H54N6O7/c1-23(2)17-31(42)32(43)28(18-24-7-5-4-6-8-24)38-34(45)30(20-26-21-36-22-37-26)39-33(44)29(19-25-9-11-27(47-3)12-10-25)40-35(46)41-13-15-48-16-14-41/h9-12,21-24,28-32,42-43H,4-8,13-20H2,1-3H3,(H,36,37)(H,38,45)(H,39,44)(H,40,46)/t28-,29-,30-,31-,32+/m0/s1. The van der Waals surface area contributed by atoms with Crippen LogP contribution < -0.4 is 20.7 Å². The third-order valence-corrected chi connectivity index (χ3v) is 9.28. The predicted octanol–water partition coefficient (Wildman–Crippen LogP) is 2.32. The molecular weight excluding hydrogens is 616 g/mol. The molecule has 13 nitrogen and oxygen atoms in total. The number of urea groups is 1. The van der Waals surface area contributed by atoms with E-state index in [1.165, 1.54) is 12.7 Å². The molecule has 0 bridgehead atoms. The van der Waals surface area contributed by atoms with Crippen molar-refractivity contribution < 1.29 is 34.1 Å². The number of ether oxygens (including phenoxy) is 2. The van der Waals surface area contributed by atoms with E-state index in [1.54, 1.807) is 30.3 Å². The maximum atomic E-state index is 14.1. The van der Waals surface area contributed by atoms with Gasteiger partial charge < -0.3 is 45.5 Å². The van der Waals surface area contributed by atoms with E-state index in [4.69, 9.17) is 9.47 Å². The molecular formula is C35H54N6O7. The van der Waals surface area contributed by atoms with E-state index in [1.807, 2.05) is 26.0 Å². The van der Waals surface area contributed by atoms with Crippen LogP contribution in [0.5, 0.6) is 5.75 Å². The number of aliphatic hydroxyl groups excluding tert-OH is 2. The van der Waals surface area contributed by atoms with Gasteiger partial charge in [-0.1, -0.05) is 58.1 Å². The molecule has 1 aliphatic heterocycles. The van der Waals surface area contributed by atoms with Gasteiger partial charge in [0, 0.05) is 37.8 Å². The SMILES string of the molecule is COc1ccc(C[C@H](NC(=O)N2CCOCC2)C(=O)N[C@@H](Cc2cnc[nH]2)C(=O)N[C@@H](CC2CCCCC2)[C@@H](O)[C@@H](O)CC(C)C)cc1. The summed E-state index contributed by atoms with van der Waals surface area (Å²) in [5.74, 6) is 0.115. The molecule has 6 N–H and O–H groups in total. The summed E-state index contributed by atoms with van der Waals surface area (Å²) in [7, 11) is 1.57. The van der Waals surface area contributed by atoms with Crippen molar-refractivity contribution >= 4 is 17.8 Å². The summed E-state index contributed by atoms with van der Waals surface area (Å²) in [6.45, 7) is 5.58. The van der Waals surface area contributed by atoms with Gasteiger partial charge in [0.05, 0.1) is 38.8 Å². The van der Waals surface area contributed by atoms with Crippen LogP contribution in [0, 0.1) is 11.8 Å². The molecule has 2 fully saturated rings. The van der Waals surface area contributed by atoms with Gasteiger partial charge >= 0.3 is 6.03 Å². The van der Waals surface area contributed by atoms with Crippen LogP contribution in [0.1, 0.15) is 70.1 Å². The van der Waals surface area contributed by atoms with Gasteiger partial charge in [0.1, 0.15) is 23.9 Å². The van der Waals surface area contributed by atoms with Crippen molar-refractivity contribution in [3.63, 3.8) is 0 Å². The Morgan fingerprint density at radius 2 is 1.65 bits per heavy atom. The van der Waals surface area contributed by atoms with Crippen molar-refractivity contribution in [2.75, 3.05) is 33.4 Å². The number of nitrogens with zero attached hydrogens (tertiary/aromatic N) is 2. The Balaban J connectivity index is 1.55. The fourth-order valence-corrected chi connectivity index (χ4v) is 6.55. The number of aromatic amines is 1. The van der Waals surface area contributed by atoms with E-state index in [0.29, 0.717) is 56.5 Å². The summed E-state index contributed by atoms with van der Waals surface area (Å²) in [6, 6.07) is 4.08. The molecule has 0 spiro atoms. The monoisotopic (exact) mass is 670 g/mol. The van der Waals surface area contributed by atoms with Gasteiger partial charge in [0.25, 0.3) is 0 Å². The first kappa shape index (κ1) is 37.1. The summed E-state index contributed by atoms with van der Waals surface area (Å²) in [6.07, 6.45) is 7.48. The number of hydrogen-bond acceptors (Lipinski definition) is 8. The first-order valence-corrected chi connectivity index (χ1v) is 17.3. The number of imidazole rings is 1. The van der Waals surface area contributed by atoms with E-state index >= 15 is 0 Å². The number of benzene rings is 1. The van der Waals surface area contributed by atoms with Gasteiger partial charge in [0.2, 0.25) is 11.8 Å². The molecule has 2 heterocycles. The minimum atomic E-state index is -1.17. The highest BCUT2D eigenvalue weighted by Crippen LogP contribution is 2.29. The number of hydrogen-bond donors (Lipinski definition) is 6. The Morgan fingerprint density at radius 1 is 0.979 bits per heavy atom. The second kappa shape index (κ2) is 18.8. The average molecular weight is 671 g/mol. The third-order valence-electron chi connectivity index (χ3n) is 9.28. The van der Waals surface area contributed by atoms with E-state index in [9.17, 15) is 24.6 Å². The molecule has 1 aliphatic carbocycles. The van der Waals surface area contributed by atoms with E-state index in [2.05, 4.69) is 25.9 Å². The lowest BCUT2D eigenvalue weighted by molar-refractivity contribution is -0.131. The zero-order valence-corrected chi connectivity index (χ0v) is 28.5. The smallest absolute Gasteiger partial charge is 0.318 e. The van der Waals surface area contributed by atoms with E-state index in [-0.39, 0.29) is 18.8 Å². The number of H-pyrrole nitrogens is 1. The molecule has 5 atom stereocenters. The molecule has 48 heavy (non-hydrogen) atoms. The highest BCUT2D eigenvalue weighted by molar-refractivity contribution is 5.92. The van der Waals surface area contributed by atoms with Gasteiger partial charge in [-0.05, 0) is 42.4 Å². The second-order valence-corrected chi connectivity index (χ2v) is 13.5. The molecule has 1 saturated heterocycles. The molecule has 0 radical (unpaired) electrons. The molecule has 4 amide bonds. The number of methoxy groups -OCH3 is 1. The maximum Gasteiger partial charge on any atom is 0.318 e. The molecule has 1 saturated carbocycles. The first-order chi connectivity index (χ1) is 23.1. The van der Waals surface area contributed by atoms with Crippen molar-refractivity contribution in [2.45, 2.75) is 102 Å². The quantitative estimate of drug-likeness (QED) is 0.158. The fraction of sp³-hybridized carbons (Fsp3) is 0.657. The number of aromatic nitrogens is 2. The highest BCUT2D eigenvalue weighted by atomic mass is 16.5. The van der Waals surface area contributed by atoms with Gasteiger partial charge in [0.15, 0.2) is 0 Å². The van der Waals surface area contributed by atoms with Crippen molar-refractivity contribution in [1.82, 2.24) is 30.8 Å². The molecule has 13 heteroatoms. The molecule has 1 aromatic heterocycles. The Morgan fingerprint density at radius 3 is 2.27 bits per heavy atom. The number of rotatable bonds is 16. The topological polar surface area (TPSA) is 178 Å². The Kier molecular flexibility index (Phi) is 14.5. The Hall–Kier alpha value is -3.68. The molecule has 0 unspecified atom stereocenters. The summed E-state index contributed by atoms with van der Waals surface area (Å²) >= 11 is 0. The minimum absolute atomic E-state index is 0.102. The summed E-state index contributed by atoms with van der Waals surface area (Å²) in [5.41, 5.74) is 1.42. The third kappa shape index (κ3) is 11.5. The lowest BCUT2D eigenvalue weighted by Gasteiger charge is -2.34. The van der Waals surface area contributed by atoms with Crippen LogP contribution in [0.25, 0.3) is 0 Å². The second-order valence-electron chi connectivity index (χ2n) is 13.5. The van der Waals surface area contributed by atoms with Crippen molar-refractivity contribution in [3.05, 3.63) is 48.0 Å². The van der Waals surface area contributed by atoms with Crippen molar-refractivity contribution in [3.8, 4) is 5.75 Å². The Labute approximate surface area is 283 Å². The maximum absolute atomic E-state index is 14.1. The van der Waals surface area contributed by atoms with Crippen LogP contribution in [0.3, 0.4) is 0 Å². The Bertz CT molecular complexity index is 1260. The van der Waals surface area contributed by atoms with Crippen molar-refractivity contribution in [1.29, 1.82) is 0 Å². The highest BCUT2D eigenvalue weighted by Gasteiger charge is 2.34. The van der Waals surface area contributed by atoms with Gasteiger partial charge in [-0.2, -0.15) is 0 Å². The van der Waals surface area contributed by atoms with Crippen LogP contribution in [0.2, 0.25) is 0 Å². The average Bonchev–Trinajstić information content (AvgIpc) is 3.61. The number of aliphatic hydroxyl groups is 2. The normalized spacial score (nSPS) is 18.8. The summed E-state index contributed by atoms with van der Waals surface area (Å²) in [4.78, 5) is 50.0. The zero-order chi connectivity index (χ0) is 34.5. The number of morpholine rings is 1. The van der Waals surface area contributed by atoms with Crippen LogP contribution in [0.15, 0.2) is 36.8 Å². The molecule has 266 valence electrons.